The summed E-state index contributed by atoms with van der Waals surface area (Å²) in [5.74, 6) is -0.966. The maximum atomic E-state index is 13.8. The second-order valence-electron chi connectivity index (χ2n) is 6.47. The van der Waals surface area contributed by atoms with Gasteiger partial charge in [0.25, 0.3) is 0 Å². The van der Waals surface area contributed by atoms with Crippen LogP contribution in [0, 0.1) is 23.0 Å². The van der Waals surface area contributed by atoms with Gasteiger partial charge in [-0.15, -0.1) is 0 Å². The Hall–Kier alpha value is -2.29. The lowest BCUT2D eigenvalue weighted by molar-refractivity contribution is 0.179. The first-order chi connectivity index (χ1) is 12.2. The second-order valence-corrected chi connectivity index (χ2v) is 6.47. The molecule has 0 radical (unpaired) electrons. The molecule has 2 aromatic rings. The normalized spacial score (nSPS) is 18.0. The molecule has 1 heterocycles. The summed E-state index contributed by atoms with van der Waals surface area (Å²) in [5.41, 5.74) is 1.86. The van der Waals surface area contributed by atoms with Crippen LogP contribution < -0.4 is 5.32 Å². The highest BCUT2D eigenvalue weighted by Crippen LogP contribution is 2.18. The summed E-state index contributed by atoms with van der Waals surface area (Å²) in [7, 11) is 0. The average Bonchev–Trinajstić information content (AvgIpc) is 2.64. The number of hydrogen-bond acceptors (Lipinski definition) is 3. The minimum Gasteiger partial charge on any atom is -0.309 e. The minimum atomic E-state index is -0.483. The van der Waals surface area contributed by atoms with Gasteiger partial charge in [0.2, 0.25) is 0 Å². The minimum absolute atomic E-state index is 0.143. The Morgan fingerprint density at radius 2 is 1.92 bits per heavy atom. The highest BCUT2D eigenvalue weighted by atomic mass is 19.1. The van der Waals surface area contributed by atoms with Crippen LogP contribution in [-0.4, -0.2) is 24.0 Å². The van der Waals surface area contributed by atoms with Crippen LogP contribution in [0.4, 0.5) is 8.78 Å². The molecule has 2 aromatic carbocycles. The van der Waals surface area contributed by atoms with Crippen molar-refractivity contribution in [2.24, 2.45) is 0 Å². The zero-order valence-electron chi connectivity index (χ0n) is 14.0. The molecule has 1 N–H and O–H groups in total. The zero-order valence-corrected chi connectivity index (χ0v) is 14.0. The van der Waals surface area contributed by atoms with Gasteiger partial charge in [0.1, 0.15) is 11.6 Å². The maximum absolute atomic E-state index is 13.8. The Balaban J connectivity index is 1.57. The Labute approximate surface area is 146 Å². The van der Waals surface area contributed by atoms with Gasteiger partial charge in [-0.25, -0.2) is 8.78 Å². The number of benzene rings is 2. The first-order valence-corrected chi connectivity index (χ1v) is 8.53. The molecule has 130 valence electrons. The van der Waals surface area contributed by atoms with Crippen molar-refractivity contribution >= 4 is 0 Å². The Morgan fingerprint density at radius 1 is 1.16 bits per heavy atom. The Kier molecular flexibility index (Phi) is 5.75. The van der Waals surface area contributed by atoms with Crippen molar-refractivity contribution in [3.63, 3.8) is 0 Å². The van der Waals surface area contributed by atoms with Gasteiger partial charge in [0.15, 0.2) is 0 Å². The van der Waals surface area contributed by atoms with E-state index in [1.54, 1.807) is 6.07 Å². The Morgan fingerprint density at radius 3 is 2.68 bits per heavy atom. The van der Waals surface area contributed by atoms with Gasteiger partial charge >= 0.3 is 0 Å². The summed E-state index contributed by atoms with van der Waals surface area (Å²) in [6.45, 7) is 2.57. The van der Waals surface area contributed by atoms with Gasteiger partial charge in [-0.2, -0.15) is 5.26 Å². The molecule has 0 saturated carbocycles. The quantitative estimate of drug-likeness (QED) is 0.903. The molecule has 1 aliphatic rings. The van der Waals surface area contributed by atoms with Crippen LogP contribution in [-0.2, 0) is 13.1 Å². The monoisotopic (exact) mass is 341 g/mol. The van der Waals surface area contributed by atoms with Crippen LogP contribution >= 0.6 is 0 Å². The summed E-state index contributed by atoms with van der Waals surface area (Å²) in [6, 6.07) is 14.0. The molecular weight excluding hydrogens is 320 g/mol. The molecule has 0 spiro atoms. The van der Waals surface area contributed by atoms with E-state index < -0.39 is 11.6 Å². The predicted octanol–water partition coefficient (Wildman–Crippen LogP) is 3.59. The summed E-state index contributed by atoms with van der Waals surface area (Å²) in [5, 5.41) is 12.5. The van der Waals surface area contributed by atoms with Crippen LogP contribution in [0.25, 0.3) is 0 Å². The number of hydrogen-bond donors (Lipinski definition) is 1. The van der Waals surface area contributed by atoms with Crippen molar-refractivity contribution in [1.82, 2.24) is 10.2 Å². The van der Waals surface area contributed by atoms with Crippen LogP contribution in [0.3, 0.4) is 0 Å². The van der Waals surface area contributed by atoms with Crippen LogP contribution in [0.15, 0.2) is 42.5 Å². The number of nitrogens with one attached hydrogen (secondary N) is 1. The molecule has 1 aliphatic heterocycles. The van der Waals surface area contributed by atoms with Gasteiger partial charge in [-0.1, -0.05) is 18.2 Å². The molecule has 0 bridgehead atoms. The van der Waals surface area contributed by atoms with E-state index in [4.69, 9.17) is 5.26 Å². The topological polar surface area (TPSA) is 39.1 Å². The van der Waals surface area contributed by atoms with Crippen LogP contribution in [0.5, 0.6) is 0 Å². The van der Waals surface area contributed by atoms with Crippen molar-refractivity contribution in [1.29, 1.82) is 5.26 Å². The molecule has 0 amide bonds. The molecule has 5 heteroatoms. The first-order valence-electron chi connectivity index (χ1n) is 8.53. The van der Waals surface area contributed by atoms with E-state index in [0.29, 0.717) is 18.7 Å². The SMILES string of the molecule is N#Cc1cccc(CNC2CCCN(Cc3c(F)cccc3F)C2)c1. The molecule has 0 aliphatic carbocycles. The molecule has 1 atom stereocenters. The van der Waals surface area contributed by atoms with Gasteiger partial charge in [0, 0.05) is 31.2 Å². The lowest BCUT2D eigenvalue weighted by Gasteiger charge is -2.33. The number of rotatable bonds is 5. The summed E-state index contributed by atoms with van der Waals surface area (Å²) >= 11 is 0. The van der Waals surface area contributed by atoms with Crippen LogP contribution in [0.1, 0.15) is 29.5 Å². The molecule has 1 unspecified atom stereocenters. The van der Waals surface area contributed by atoms with Crippen molar-refractivity contribution in [3.05, 3.63) is 70.8 Å². The molecule has 3 rings (SSSR count). The number of likely N-dealkylation sites (tertiary alicyclic amines) is 1. The fourth-order valence-corrected chi connectivity index (χ4v) is 3.29. The zero-order chi connectivity index (χ0) is 17.6. The highest BCUT2D eigenvalue weighted by Gasteiger charge is 2.21. The van der Waals surface area contributed by atoms with E-state index in [0.717, 1.165) is 31.5 Å². The molecular formula is C20H21F2N3. The molecule has 3 nitrogen and oxygen atoms in total. The van der Waals surface area contributed by atoms with Crippen molar-refractivity contribution in [3.8, 4) is 6.07 Å². The van der Waals surface area contributed by atoms with Crippen LogP contribution in [0.2, 0.25) is 0 Å². The number of nitriles is 1. The van der Waals surface area contributed by atoms with E-state index in [2.05, 4.69) is 16.3 Å². The fourth-order valence-electron chi connectivity index (χ4n) is 3.29. The van der Waals surface area contributed by atoms with Crippen molar-refractivity contribution in [2.75, 3.05) is 13.1 Å². The first kappa shape index (κ1) is 17.5. The van der Waals surface area contributed by atoms with E-state index in [1.807, 2.05) is 18.2 Å². The maximum Gasteiger partial charge on any atom is 0.130 e. The standard InChI is InChI=1S/C20H21F2N3/c21-19-7-2-8-20(22)18(19)14-25-9-3-6-17(13-25)24-12-16-5-1-4-15(10-16)11-23/h1-2,4-5,7-8,10,17,24H,3,6,9,12-14H2. The highest BCUT2D eigenvalue weighted by molar-refractivity contribution is 5.32. The summed E-state index contributed by atoms with van der Waals surface area (Å²) < 4.78 is 27.7. The Bertz CT molecular complexity index is 750. The number of piperidine rings is 1. The average molecular weight is 341 g/mol. The number of nitrogens with zero attached hydrogens (tertiary/aromatic N) is 2. The van der Waals surface area contributed by atoms with E-state index in [9.17, 15) is 8.78 Å². The van der Waals surface area contributed by atoms with Gasteiger partial charge < -0.3 is 5.32 Å². The second kappa shape index (κ2) is 8.19. The molecule has 1 saturated heterocycles. The summed E-state index contributed by atoms with van der Waals surface area (Å²) in [4.78, 5) is 2.09. The van der Waals surface area contributed by atoms with Gasteiger partial charge in [-0.3, -0.25) is 4.90 Å². The lowest BCUT2D eigenvalue weighted by Crippen LogP contribution is -2.45. The van der Waals surface area contributed by atoms with E-state index >= 15 is 0 Å². The smallest absolute Gasteiger partial charge is 0.130 e. The van der Waals surface area contributed by atoms with Crippen molar-refractivity contribution in [2.45, 2.75) is 32.0 Å². The van der Waals surface area contributed by atoms with Gasteiger partial charge in [-0.05, 0) is 49.2 Å². The molecule has 25 heavy (non-hydrogen) atoms. The van der Waals surface area contributed by atoms with E-state index in [-0.39, 0.29) is 11.6 Å². The third kappa shape index (κ3) is 4.62. The fraction of sp³-hybridized carbons (Fsp3) is 0.350. The number of halogens is 2. The van der Waals surface area contributed by atoms with Crippen molar-refractivity contribution < 1.29 is 8.78 Å². The van der Waals surface area contributed by atoms with E-state index in [1.165, 1.54) is 18.2 Å². The van der Waals surface area contributed by atoms with Gasteiger partial charge in [0.05, 0.1) is 11.6 Å². The summed E-state index contributed by atoms with van der Waals surface area (Å²) in [6.07, 6.45) is 2.03. The molecule has 0 aromatic heterocycles. The third-order valence-electron chi connectivity index (χ3n) is 4.60. The largest absolute Gasteiger partial charge is 0.309 e. The third-order valence-corrected chi connectivity index (χ3v) is 4.60. The molecule has 1 fully saturated rings. The lowest BCUT2D eigenvalue weighted by atomic mass is 10.0. The predicted molar refractivity (Wildman–Crippen MR) is 92.7 cm³/mol.